The van der Waals surface area contributed by atoms with E-state index in [1.165, 1.54) is 0 Å². The molecule has 3 unspecified atom stereocenters. The Hall–Kier alpha value is -3.39. The third-order valence-electron chi connectivity index (χ3n) is 7.41. The molecule has 3 N–H and O–H groups in total. The molecule has 37 heavy (non-hydrogen) atoms. The molecule has 1 heterocycles. The van der Waals surface area contributed by atoms with E-state index in [-0.39, 0.29) is 42.7 Å². The smallest absolute Gasteiger partial charge is 0.325 e. The predicted octanol–water partition coefficient (Wildman–Crippen LogP) is 2.65. The number of ether oxygens (including phenoxy) is 1. The van der Waals surface area contributed by atoms with Gasteiger partial charge in [-0.3, -0.25) is 14.4 Å². The fraction of sp³-hybridized carbons (Fsp3) is 0.483. The summed E-state index contributed by atoms with van der Waals surface area (Å²) >= 11 is 0. The van der Waals surface area contributed by atoms with Crippen LogP contribution in [0.5, 0.6) is 5.75 Å². The summed E-state index contributed by atoms with van der Waals surface area (Å²) in [4.78, 5) is 39.1. The number of nitrogens with one attached hydrogen (secondary N) is 2. The molecule has 3 atom stereocenters. The van der Waals surface area contributed by atoms with Crippen LogP contribution in [-0.2, 0) is 31.0 Å². The summed E-state index contributed by atoms with van der Waals surface area (Å²) in [6.07, 6.45) is 1.47. The number of hydrogen-bond donors (Lipinski definition) is 3. The highest BCUT2D eigenvalue weighted by Gasteiger charge is 2.39. The highest BCUT2D eigenvalue weighted by atomic mass is 16.5. The van der Waals surface area contributed by atoms with Gasteiger partial charge in [-0.1, -0.05) is 56.3 Å². The lowest BCUT2D eigenvalue weighted by Crippen LogP contribution is -2.50. The van der Waals surface area contributed by atoms with E-state index in [0.29, 0.717) is 18.9 Å². The Morgan fingerprint density at radius 2 is 1.86 bits per heavy atom. The van der Waals surface area contributed by atoms with Crippen LogP contribution in [-0.4, -0.2) is 67.1 Å². The molecule has 1 aliphatic heterocycles. The van der Waals surface area contributed by atoms with Gasteiger partial charge in [0.1, 0.15) is 12.3 Å². The number of likely N-dealkylation sites (tertiary alicyclic amines) is 1. The van der Waals surface area contributed by atoms with Crippen LogP contribution in [0.2, 0.25) is 0 Å². The van der Waals surface area contributed by atoms with E-state index in [1.807, 2.05) is 42.5 Å². The van der Waals surface area contributed by atoms with Crippen molar-refractivity contribution in [3.8, 4) is 5.75 Å². The van der Waals surface area contributed by atoms with Crippen molar-refractivity contribution in [3.63, 3.8) is 0 Å². The molecule has 0 radical (unpaired) electrons. The van der Waals surface area contributed by atoms with Gasteiger partial charge in [0, 0.05) is 13.1 Å². The van der Waals surface area contributed by atoms with E-state index in [2.05, 4.69) is 35.4 Å². The van der Waals surface area contributed by atoms with Gasteiger partial charge < -0.3 is 25.4 Å². The minimum atomic E-state index is -0.513. The van der Waals surface area contributed by atoms with Crippen LogP contribution < -0.4 is 10.6 Å². The van der Waals surface area contributed by atoms with Gasteiger partial charge in [-0.05, 0) is 60.9 Å². The maximum absolute atomic E-state index is 13.2. The van der Waals surface area contributed by atoms with Gasteiger partial charge in [-0.25, -0.2) is 0 Å². The molecule has 0 bridgehead atoms. The summed E-state index contributed by atoms with van der Waals surface area (Å²) < 4.78 is 4.81. The minimum absolute atomic E-state index is 0.0660. The standard InChI is InChI=1S/C29H39N3O5/c1-4-37-27(35)18-30-26(34)17-31-28(36)23(15-22-9-6-5-7-10-22)20-32-14-13-29(3,21(2)19-32)24-11-8-12-25(33)16-24/h5-12,16,21,23,33H,4,13-15,17-20H2,1-3H3,(H,30,34)(H,31,36). The summed E-state index contributed by atoms with van der Waals surface area (Å²) in [7, 11) is 0. The molecule has 3 rings (SSSR count). The quantitative estimate of drug-likeness (QED) is 0.402. The van der Waals surface area contributed by atoms with Crippen LogP contribution in [0.3, 0.4) is 0 Å². The second-order valence-corrected chi connectivity index (χ2v) is 10.1. The van der Waals surface area contributed by atoms with Crippen molar-refractivity contribution < 1.29 is 24.2 Å². The third kappa shape index (κ3) is 8.05. The number of carbonyl (C=O) groups is 3. The third-order valence-corrected chi connectivity index (χ3v) is 7.41. The first kappa shape index (κ1) is 28.2. The van der Waals surface area contributed by atoms with Gasteiger partial charge in [0.25, 0.3) is 0 Å². The number of benzene rings is 2. The van der Waals surface area contributed by atoms with Crippen molar-refractivity contribution in [1.29, 1.82) is 0 Å². The van der Waals surface area contributed by atoms with Crippen molar-refractivity contribution in [1.82, 2.24) is 15.5 Å². The maximum atomic E-state index is 13.2. The average Bonchev–Trinajstić information content (AvgIpc) is 2.88. The van der Waals surface area contributed by atoms with Crippen LogP contribution in [0, 0.1) is 11.8 Å². The zero-order valence-corrected chi connectivity index (χ0v) is 22.0. The number of amides is 2. The molecule has 200 valence electrons. The normalized spacial score (nSPS) is 20.6. The molecule has 8 nitrogen and oxygen atoms in total. The molecule has 0 spiro atoms. The van der Waals surface area contributed by atoms with Gasteiger partial charge in [0.15, 0.2) is 0 Å². The molecule has 2 amide bonds. The van der Waals surface area contributed by atoms with Gasteiger partial charge in [0.05, 0.1) is 19.1 Å². The Labute approximate surface area is 219 Å². The molecule has 0 saturated carbocycles. The van der Waals surface area contributed by atoms with E-state index in [9.17, 15) is 19.5 Å². The van der Waals surface area contributed by atoms with Crippen LogP contribution in [0.1, 0.15) is 38.3 Å². The zero-order valence-electron chi connectivity index (χ0n) is 22.0. The number of carbonyl (C=O) groups excluding carboxylic acids is 3. The first-order chi connectivity index (χ1) is 17.7. The largest absolute Gasteiger partial charge is 0.508 e. The number of piperidine rings is 1. The molecule has 1 aliphatic rings. The molecule has 2 aromatic rings. The Morgan fingerprint density at radius 1 is 1.11 bits per heavy atom. The maximum Gasteiger partial charge on any atom is 0.325 e. The highest BCUT2D eigenvalue weighted by molar-refractivity contribution is 5.87. The summed E-state index contributed by atoms with van der Waals surface area (Å²) in [6, 6.07) is 17.4. The lowest BCUT2D eigenvalue weighted by molar-refractivity contribution is -0.143. The number of esters is 1. The molecule has 1 saturated heterocycles. The van der Waals surface area contributed by atoms with E-state index in [0.717, 1.165) is 30.6 Å². The fourth-order valence-corrected chi connectivity index (χ4v) is 4.98. The van der Waals surface area contributed by atoms with Gasteiger partial charge >= 0.3 is 5.97 Å². The number of hydrogen-bond acceptors (Lipinski definition) is 6. The van der Waals surface area contributed by atoms with E-state index in [4.69, 9.17) is 4.74 Å². The van der Waals surface area contributed by atoms with Crippen molar-refractivity contribution in [2.75, 3.05) is 39.3 Å². The topological polar surface area (TPSA) is 108 Å². The van der Waals surface area contributed by atoms with Crippen LogP contribution in [0.4, 0.5) is 0 Å². The first-order valence-corrected chi connectivity index (χ1v) is 13.0. The molecule has 0 aliphatic carbocycles. The number of phenols is 1. The van der Waals surface area contributed by atoms with Crippen LogP contribution in [0.15, 0.2) is 54.6 Å². The Bertz CT molecular complexity index is 1060. The lowest BCUT2D eigenvalue weighted by atomic mass is 9.68. The Kier molecular flexibility index (Phi) is 10.1. The number of nitrogens with zero attached hydrogens (tertiary/aromatic N) is 1. The van der Waals surface area contributed by atoms with Crippen molar-refractivity contribution in [3.05, 3.63) is 65.7 Å². The monoisotopic (exact) mass is 509 g/mol. The van der Waals surface area contributed by atoms with Gasteiger partial charge in [0.2, 0.25) is 11.8 Å². The molecule has 2 aromatic carbocycles. The molecule has 8 heteroatoms. The van der Waals surface area contributed by atoms with E-state index in [1.54, 1.807) is 13.0 Å². The molecular weight excluding hydrogens is 470 g/mol. The lowest BCUT2D eigenvalue weighted by Gasteiger charge is -2.45. The van der Waals surface area contributed by atoms with E-state index < -0.39 is 11.9 Å². The van der Waals surface area contributed by atoms with Crippen molar-refractivity contribution in [2.24, 2.45) is 11.8 Å². The second-order valence-electron chi connectivity index (χ2n) is 10.1. The van der Waals surface area contributed by atoms with Crippen molar-refractivity contribution >= 4 is 17.8 Å². The highest BCUT2D eigenvalue weighted by Crippen LogP contribution is 2.40. The number of rotatable bonds is 11. The summed E-state index contributed by atoms with van der Waals surface area (Å²) in [6.45, 7) is 8.21. The SMILES string of the molecule is CCOC(=O)CNC(=O)CNC(=O)C(Cc1ccccc1)CN1CCC(C)(c2cccc(O)c2)C(C)C1. The zero-order chi connectivity index (χ0) is 26.8. The molecular formula is C29H39N3O5. The van der Waals surface area contributed by atoms with Crippen LogP contribution >= 0.6 is 0 Å². The molecule has 1 fully saturated rings. The fourth-order valence-electron chi connectivity index (χ4n) is 4.98. The average molecular weight is 510 g/mol. The first-order valence-electron chi connectivity index (χ1n) is 13.0. The van der Waals surface area contributed by atoms with E-state index >= 15 is 0 Å². The molecule has 0 aromatic heterocycles. The van der Waals surface area contributed by atoms with Gasteiger partial charge in [-0.15, -0.1) is 0 Å². The minimum Gasteiger partial charge on any atom is -0.508 e. The Balaban J connectivity index is 1.62. The summed E-state index contributed by atoms with van der Waals surface area (Å²) in [5.74, 6) is -0.882. The summed E-state index contributed by atoms with van der Waals surface area (Å²) in [5, 5.41) is 15.2. The summed E-state index contributed by atoms with van der Waals surface area (Å²) in [5.41, 5.74) is 2.12. The number of aromatic hydroxyl groups is 1. The van der Waals surface area contributed by atoms with Gasteiger partial charge in [-0.2, -0.15) is 0 Å². The number of phenolic OH excluding ortho intramolecular Hbond substituents is 1. The van der Waals surface area contributed by atoms with Crippen molar-refractivity contribution in [2.45, 2.75) is 39.0 Å². The van der Waals surface area contributed by atoms with Crippen LogP contribution in [0.25, 0.3) is 0 Å². The predicted molar refractivity (Wildman–Crippen MR) is 142 cm³/mol. The Morgan fingerprint density at radius 3 is 2.54 bits per heavy atom. The second kappa shape index (κ2) is 13.2.